The maximum Gasteiger partial charge on any atom is 0.281 e. The average molecular weight is 409 g/mol. The molecule has 150 valence electrons. The Hall–Kier alpha value is -2.36. The van der Waals surface area contributed by atoms with Crippen molar-refractivity contribution < 1.29 is 14.5 Å². The molecule has 4 rings (SSSR count). The lowest BCUT2D eigenvalue weighted by Crippen LogP contribution is -2.37. The highest BCUT2D eigenvalue weighted by molar-refractivity contribution is 7.99. The third kappa shape index (κ3) is 4.17. The Bertz CT molecular complexity index is 960. The molecule has 1 saturated heterocycles. The maximum atomic E-state index is 12.6. The van der Waals surface area contributed by atoms with Crippen molar-refractivity contribution in [2.24, 2.45) is 0 Å². The van der Waals surface area contributed by atoms with Gasteiger partial charge in [-0.1, -0.05) is 42.1 Å². The van der Waals surface area contributed by atoms with Crippen LogP contribution in [0, 0.1) is 11.3 Å². The van der Waals surface area contributed by atoms with E-state index in [-0.39, 0.29) is 11.4 Å². The van der Waals surface area contributed by atoms with Crippen LogP contribution >= 0.6 is 11.8 Å². The Balaban J connectivity index is 1.70. The van der Waals surface area contributed by atoms with Crippen molar-refractivity contribution in [3.05, 3.63) is 52.6 Å². The van der Waals surface area contributed by atoms with Crippen LogP contribution in [0.2, 0.25) is 0 Å². The number of ether oxygens (including phenoxy) is 1. The molecule has 1 aromatic carbocycles. The summed E-state index contributed by atoms with van der Waals surface area (Å²) in [5.74, 6) is 1.42. The number of nitrogens with one attached hydrogen (secondary N) is 1. The molecule has 1 fully saturated rings. The molecule has 5 nitrogen and oxygen atoms in total. The van der Waals surface area contributed by atoms with E-state index in [4.69, 9.17) is 4.74 Å². The van der Waals surface area contributed by atoms with Crippen molar-refractivity contribution >= 4 is 23.4 Å². The minimum Gasteiger partial charge on any atom is -0.370 e. The SMILES string of the molecule is CC1(C)Cc2c(C#N)c(SCC(=O)c3ccccc3)[nH+]c(N3CCCC3)c2CO1. The van der Waals surface area contributed by atoms with Crippen LogP contribution in [0.1, 0.15) is 53.7 Å². The zero-order valence-corrected chi connectivity index (χ0v) is 17.8. The maximum absolute atomic E-state index is 12.6. The number of benzene rings is 1. The molecule has 0 bridgehead atoms. The van der Waals surface area contributed by atoms with Crippen LogP contribution in [0.3, 0.4) is 0 Å². The Kier molecular flexibility index (Phi) is 5.62. The van der Waals surface area contributed by atoms with E-state index in [0.717, 1.165) is 35.1 Å². The molecule has 0 aliphatic carbocycles. The van der Waals surface area contributed by atoms with Crippen molar-refractivity contribution in [2.45, 2.75) is 50.3 Å². The van der Waals surface area contributed by atoms with Gasteiger partial charge >= 0.3 is 0 Å². The lowest BCUT2D eigenvalue weighted by atomic mass is 9.89. The Morgan fingerprint density at radius 2 is 1.97 bits per heavy atom. The number of aromatic nitrogens is 1. The topological polar surface area (TPSA) is 67.5 Å². The number of anilines is 1. The van der Waals surface area contributed by atoms with Gasteiger partial charge in [0, 0.05) is 12.0 Å². The van der Waals surface area contributed by atoms with Gasteiger partial charge in [0.1, 0.15) is 11.6 Å². The van der Waals surface area contributed by atoms with Gasteiger partial charge in [0.15, 0.2) is 10.8 Å². The van der Waals surface area contributed by atoms with Gasteiger partial charge in [0.05, 0.1) is 36.6 Å². The van der Waals surface area contributed by atoms with Crippen molar-refractivity contribution in [2.75, 3.05) is 23.7 Å². The van der Waals surface area contributed by atoms with Gasteiger partial charge in [-0.25, -0.2) is 4.98 Å². The van der Waals surface area contributed by atoms with Gasteiger partial charge in [-0.15, -0.1) is 0 Å². The first kappa shape index (κ1) is 19.9. The number of carbonyl (C=O) groups excluding carboxylic acids is 1. The predicted molar refractivity (Wildman–Crippen MR) is 113 cm³/mol. The second-order valence-corrected chi connectivity index (χ2v) is 9.23. The first-order chi connectivity index (χ1) is 14.0. The van der Waals surface area contributed by atoms with Crippen LogP contribution in [0.5, 0.6) is 0 Å². The number of pyridine rings is 1. The zero-order chi connectivity index (χ0) is 20.4. The molecule has 1 aromatic heterocycles. The van der Waals surface area contributed by atoms with E-state index in [2.05, 4.69) is 29.8 Å². The Morgan fingerprint density at radius 3 is 2.66 bits per heavy atom. The summed E-state index contributed by atoms with van der Waals surface area (Å²) in [6.07, 6.45) is 3.04. The summed E-state index contributed by atoms with van der Waals surface area (Å²) in [5.41, 5.74) is 3.22. The molecule has 2 aliphatic rings. The van der Waals surface area contributed by atoms with Crippen LogP contribution in [-0.4, -0.2) is 30.2 Å². The first-order valence-corrected chi connectivity index (χ1v) is 11.1. The summed E-state index contributed by atoms with van der Waals surface area (Å²) in [5, 5.41) is 10.7. The molecule has 29 heavy (non-hydrogen) atoms. The fourth-order valence-corrected chi connectivity index (χ4v) is 4.98. The molecule has 3 heterocycles. The number of H-pyrrole nitrogens is 1. The third-order valence-electron chi connectivity index (χ3n) is 5.60. The van der Waals surface area contributed by atoms with E-state index in [1.165, 1.54) is 24.6 Å². The summed E-state index contributed by atoms with van der Waals surface area (Å²) in [6, 6.07) is 11.7. The molecule has 0 saturated carbocycles. The van der Waals surface area contributed by atoms with Crippen LogP contribution in [0.25, 0.3) is 0 Å². The molecule has 2 aromatic rings. The first-order valence-electron chi connectivity index (χ1n) is 10.1. The van der Waals surface area contributed by atoms with Crippen molar-refractivity contribution in [3.63, 3.8) is 0 Å². The summed E-state index contributed by atoms with van der Waals surface area (Å²) in [4.78, 5) is 18.5. The number of hydrogen-bond acceptors (Lipinski definition) is 5. The van der Waals surface area contributed by atoms with Gasteiger partial charge in [-0.3, -0.25) is 9.69 Å². The van der Waals surface area contributed by atoms with E-state index in [0.29, 0.717) is 29.9 Å². The Morgan fingerprint density at radius 1 is 1.24 bits per heavy atom. The van der Waals surface area contributed by atoms with Gasteiger partial charge in [0.25, 0.3) is 5.82 Å². The highest BCUT2D eigenvalue weighted by atomic mass is 32.2. The molecular weight excluding hydrogens is 382 g/mol. The number of aromatic amines is 1. The summed E-state index contributed by atoms with van der Waals surface area (Å²) < 4.78 is 6.07. The number of fused-ring (bicyclic) bond motifs is 1. The van der Waals surface area contributed by atoms with Gasteiger partial charge in [-0.2, -0.15) is 5.26 Å². The van der Waals surface area contributed by atoms with E-state index < -0.39 is 0 Å². The molecule has 0 spiro atoms. The number of carbonyl (C=O) groups is 1. The minimum absolute atomic E-state index is 0.0667. The summed E-state index contributed by atoms with van der Waals surface area (Å²) in [7, 11) is 0. The van der Waals surface area contributed by atoms with Crippen LogP contribution < -0.4 is 9.88 Å². The molecule has 1 N–H and O–H groups in total. The second-order valence-electron chi connectivity index (χ2n) is 8.24. The molecular formula is C23H26N3O2S+. The van der Waals surface area contributed by atoms with E-state index in [1.807, 2.05) is 30.3 Å². The molecule has 0 radical (unpaired) electrons. The van der Waals surface area contributed by atoms with Crippen molar-refractivity contribution in [1.29, 1.82) is 5.26 Å². The number of thioether (sulfide) groups is 1. The largest absolute Gasteiger partial charge is 0.370 e. The van der Waals surface area contributed by atoms with Gasteiger partial charge < -0.3 is 4.74 Å². The van der Waals surface area contributed by atoms with Gasteiger partial charge in [0.2, 0.25) is 0 Å². The lowest BCUT2D eigenvalue weighted by molar-refractivity contribution is -0.414. The normalized spacial score (nSPS) is 17.6. The number of rotatable bonds is 5. The van der Waals surface area contributed by atoms with Crippen LogP contribution in [0.15, 0.2) is 35.4 Å². The summed E-state index contributed by atoms with van der Waals surface area (Å²) >= 11 is 1.43. The standard InChI is InChI=1S/C23H25N3O2S/c1-23(2)12-17-18(13-24)22(29-15-20(27)16-8-4-3-5-9-16)25-21(19(17)14-28-23)26-10-6-7-11-26/h3-5,8-9H,6-7,10-12,14-15H2,1-2H3/p+1. The monoisotopic (exact) mass is 408 g/mol. The summed E-state index contributed by atoms with van der Waals surface area (Å²) in [6.45, 7) is 6.65. The Labute approximate surface area is 176 Å². The van der Waals surface area contributed by atoms with Gasteiger partial charge in [-0.05, 0) is 32.3 Å². The fraction of sp³-hybridized carbons (Fsp3) is 0.435. The smallest absolute Gasteiger partial charge is 0.281 e. The van der Waals surface area contributed by atoms with Crippen molar-refractivity contribution in [3.8, 4) is 6.07 Å². The molecule has 0 atom stereocenters. The van der Waals surface area contributed by atoms with E-state index in [9.17, 15) is 10.1 Å². The van der Waals surface area contributed by atoms with Crippen molar-refractivity contribution in [1.82, 2.24) is 0 Å². The minimum atomic E-state index is -0.302. The third-order valence-corrected chi connectivity index (χ3v) is 6.60. The average Bonchev–Trinajstić information content (AvgIpc) is 3.25. The van der Waals surface area contributed by atoms with E-state index in [1.54, 1.807) is 0 Å². The van der Waals surface area contributed by atoms with E-state index >= 15 is 0 Å². The zero-order valence-electron chi connectivity index (χ0n) is 17.0. The molecule has 6 heteroatoms. The molecule has 0 amide bonds. The number of ketones is 1. The fourth-order valence-electron chi connectivity index (χ4n) is 4.05. The quantitative estimate of drug-likeness (QED) is 0.556. The van der Waals surface area contributed by atoms with Crippen LogP contribution in [0.4, 0.5) is 5.82 Å². The number of nitrogens with zero attached hydrogens (tertiary/aromatic N) is 2. The predicted octanol–water partition coefficient (Wildman–Crippen LogP) is 3.80. The highest BCUT2D eigenvalue weighted by Crippen LogP contribution is 2.37. The lowest BCUT2D eigenvalue weighted by Gasteiger charge is -2.33. The number of Topliss-reactive ketones (excluding diaryl/α,β-unsaturated/α-hetero) is 1. The molecule has 0 unspecified atom stereocenters. The molecule has 2 aliphatic heterocycles. The number of nitriles is 1. The highest BCUT2D eigenvalue weighted by Gasteiger charge is 2.36. The number of hydrogen-bond donors (Lipinski definition) is 0. The van der Waals surface area contributed by atoms with Crippen LogP contribution in [-0.2, 0) is 17.8 Å². The second kappa shape index (κ2) is 8.17.